The van der Waals surface area contributed by atoms with Crippen LogP contribution in [0.3, 0.4) is 0 Å². The Morgan fingerprint density at radius 2 is 1.66 bits per heavy atom. The molecule has 1 amide bonds. The Balaban J connectivity index is 1.16. The minimum Gasteiger partial charge on any atom is -0.487 e. The van der Waals surface area contributed by atoms with E-state index >= 15 is 0 Å². The average molecular weight is 663 g/mol. The molecule has 3 aromatic rings. The van der Waals surface area contributed by atoms with E-state index in [-0.39, 0.29) is 48.4 Å². The van der Waals surface area contributed by atoms with Crippen LogP contribution >= 0.6 is 0 Å². The predicted octanol–water partition coefficient (Wildman–Crippen LogP) is 5.08. The molecular formula is C35H42N4O7S. The van der Waals surface area contributed by atoms with Gasteiger partial charge in [-0.05, 0) is 105 Å². The van der Waals surface area contributed by atoms with Gasteiger partial charge in [0, 0.05) is 12.5 Å². The Labute approximate surface area is 275 Å². The first-order valence-corrected chi connectivity index (χ1v) is 17.2. The number of ether oxygens (including phenoxy) is 2. The topological polar surface area (TPSA) is 169 Å². The van der Waals surface area contributed by atoms with Crippen molar-refractivity contribution in [3.8, 4) is 16.9 Å². The number of rotatable bonds is 10. The summed E-state index contributed by atoms with van der Waals surface area (Å²) in [6, 6.07) is 14.6. The number of nitrogens with one attached hydrogen (secondary N) is 2. The molecule has 0 radical (unpaired) electrons. The Hall–Kier alpha value is -4.58. The predicted molar refractivity (Wildman–Crippen MR) is 179 cm³/mol. The van der Waals surface area contributed by atoms with Crippen LogP contribution in [0.25, 0.3) is 11.1 Å². The molecule has 1 aliphatic carbocycles. The largest absolute Gasteiger partial charge is 0.487 e. The number of aliphatic carboxylic acids is 1. The van der Waals surface area contributed by atoms with Crippen LogP contribution in [0.5, 0.6) is 5.75 Å². The highest BCUT2D eigenvalue weighted by atomic mass is 32.2. The first-order valence-electron chi connectivity index (χ1n) is 15.7. The second-order valence-electron chi connectivity index (χ2n) is 12.7. The van der Waals surface area contributed by atoms with Crippen LogP contribution in [0.2, 0.25) is 0 Å². The number of carbonyl (C=O) groups is 2. The molecule has 5 N–H and O–H groups in total. The summed E-state index contributed by atoms with van der Waals surface area (Å²) in [6.45, 7) is 9.48. The quantitative estimate of drug-likeness (QED) is 0.132. The zero-order valence-corrected chi connectivity index (χ0v) is 28.2. The number of alkyl carbamates (subject to hydrolysis) is 1. The maximum atomic E-state index is 13.4. The maximum Gasteiger partial charge on any atom is 0.407 e. The summed E-state index contributed by atoms with van der Waals surface area (Å²) < 4.78 is 40.9. The smallest absolute Gasteiger partial charge is 0.407 e. The zero-order chi connectivity index (χ0) is 34.1. The number of hydrogen-bond acceptors (Lipinski definition) is 7. The molecule has 0 bridgehead atoms. The molecule has 1 heterocycles. The number of guanidine groups is 1. The van der Waals surface area contributed by atoms with Crippen LogP contribution in [-0.2, 0) is 26.0 Å². The van der Waals surface area contributed by atoms with E-state index in [1.54, 1.807) is 13.8 Å². The van der Waals surface area contributed by atoms with Crippen LogP contribution < -0.4 is 20.5 Å². The number of aliphatic imine (C=N–C) groups is 1. The first-order chi connectivity index (χ1) is 22.2. The van der Waals surface area contributed by atoms with Crippen LogP contribution in [0.1, 0.15) is 72.4 Å². The van der Waals surface area contributed by atoms with Gasteiger partial charge in [-0.3, -0.25) is 4.99 Å². The second kappa shape index (κ2) is 13.3. The molecule has 0 saturated carbocycles. The van der Waals surface area contributed by atoms with Gasteiger partial charge in [0.2, 0.25) is 5.96 Å². The molecule has 1 unspecified atom stereocenters. The van der Waals surface area contributed by atoms with E-state index in [2.05, 4.69) is 15.0 Å². The van der Waals surface area contributed by atoms with Crippen molar-refractivity contribution in [2.75, 3.05) is 13.2 Å². The van der Waals surface area contributed by atoms with Crippen LogP contribution in [0.4, 0.5) is 4.79 Å². The number of sulfonamides is 1. The number of fused-ring (bicyclic) bond motifs is 4. The summed E-state index contributed by atoms with van der Waals surface area (Å²) in [7, 11) is -4.07. The molecule has 0 spiro atoms. The van der Waals surface area contributed by atoms with Crippen LogP contribution in [0.15, 0.2) is 58.4 Å². The van der Waals surface area contributed by atoms with Gasteiger partial charge < -0.3 is 25.6 Å². The second-order valence-corrected chi connectivity index (χ2v) is 14.4. The minimum atomic E-state index is -4.07. The summed E-state index contributed by atoms with van der Waals surface area (Å²) in [5.74, 6) is -0.961. The number of carbonyl (C=O) groups excluding carboxylic acids is 1. The van der Waals surface area contributed by atoms with E-state index < -0.39 is 28.1 Å². The fraction of sp³-hybridized carbons (Fsp3) is 0.400. The summed E-state index contributed by atoms with van der Waals surface area (Å²) in [5, 5.41) is 12.1. The number of hydrogen-bond donors (Lipinski definition) is 4. The van der Waals surface area contributed by atoms with Crippen molar-refractivity contribution >= 4 is 28.0 Å². The number of nitrogens with two attached hydrogens (primary N) is 1. The van der Waals surface area contributed by atoms with Gasteiger partial charge in [0.1, 0.15) is 24.0 Å². The molecular weight excluding hydrogens is 620 g/mol. The fourth-order valence-electron chi connectivity index (χ4n) is 6.51. The van der Waals surface area contributed by atoms with Crippen molar-refractivity contribution in [2.45, 2.75) is 82.8 Å². The third kappa shape index (κ3) is 7.07. The molecule has 1 aliphatic heterocycles. The Bertz CT molecular complexity index is 1810. The van der Waals surface area contributed by atoms with E-state index in [1.165, 1.54) is 0 Å². The van der Waals surface area contributed by atoms with Crippen molar-refractivity contribution in [1.82, 2.24) is 10.0 Å². The van der Waals surface area contributed by atoms with E-state index in [1.807, 2.05) is 69.3 Å². The lowest BCUT2D eigenvalue weighted by Gasteiger charge is -2.35. The Kier molecular flexibility index (Phi) is 9.53. The van der Waals surface area contributed by atoms with Crippen molar-refractivity contribution in [2.24, 2.45) is 10.7 Å². The molecule has 11 nitrogen and oxygen atoms in total. The van der Waals surface area contributed by atoms with Gasteiger partial charge in [0.15, 0.2) is 0 Å². The minimum absolute atomic E-state index is 0.0294. The van der Waals surface area contributed by atoms with E-state index in [4.69, 9.17) is 15.2 Å². The summed E-state index contributed by atoms with van der Waals surface area (Å²) in [5.41, 5.74) is 12.7. The lowest BCUT2D eigenvalue weighted by Crippen LogP contribution is -2.41. The average Bonchev–Trinajstić information content (AvgIpc) is 3.33. The highest BCUT2D eigenvalue weighted by Gasteiger charge is 2.34. The molecule has 47 heavy (non-hydrogen) atoms. The summed E-state index contributed by atoms with van der Waals surface area (Å²) in [6.07, 6.45) is 0.854. The number of carboxylic acids is 1. The standard InChI is InChI=1S/C35H42N4O7S/c1-20-21(2)31(22(3)23-16-17-35(4,5)46-30(20)23)47(43,44)39-33(36)37-18-10-15-29(32(40)41)38-34(42)45-19-28-26-13-8-6-11-24(26)25-12-7-9-14-27(25)28/h6-9,11-14,28-29H,10,15-19H2,1-5H3,(H,38,42)(H,40,41)(H3,36,37,39). The van der Waals surface area contributed by atoms with Crippen molar-refractivity contribution < 1.29 is 32.6 Å². The monoisotopic (exact) mass is 662 g/mol. The normalized spacial score (nSPS) is 15.9. The molecule has 5 rings (SSSR count). The molecule has 1 atom stereocenters. The molecule has 12 heteroatoms. The molecule has 0 aromatic heterocycles. The van der Waals surface area contributed by atoms with Gasteiger partial charge in [0.05, 0.1) is 4.90 Å². The van der Waals surface area contributed by atoms with Crippen LogP contribution in [-0.4, -0.2) is 56.3 Å². The van der Waals surface area contributed by atoms with E-state index in [9.17, 15) is 23.1 Å². The van der Waals surface area contributed by atoms with E-state index in [0.717, 1.165) is 45.6 Å². The Morgan fingerprint density at radius 3 is 2.28 bits per heavy atom. The van der Waals surface area contributed by atoms with Gasteiger partial charge in [-0.25, -0.2) is 22.7 Å². The fourth-order valence-corrected chi connectivity index (χ4v) is 8.03. The third-order valence-electron chi connectivity index (χ3n) is 9.04. The SMILES string of the molecule is Cc1c(C)c(S(=O)(=O)NC(N)=NCCCC(NC(=O)OCC2c3ccccc3-c3ccccc32)C(=O)O)c(C)c2c1OC(C)(C)CC2. The van der Waals surface area contributed by atoms with Gasteiger partial charge >= 0.3 is 12.1 Å². The first kappa shape index (κ1) is 33.8. The Morgan fingerprint density at radius 1 is 1.04 bits per heavy atom. The number of amides is 1. The zero-order valence-electron chi connectivity index (χ0n) is 27.3. The number of nitrogens with zero attached hydrogens (tertiary/aromatic N) is 1. The molecule has 0 saturated heterocycles. The molecule has 3 aromatic carbocycles. The summed E-state index contributed by atoms with van der Waals surface area (Å²) >= 11 is 0. The lowest BCUT2D eigenvalue weighted by molar-refractivity contribution is -0.139. The molecule has 2 aliphatic rings. The van der Waals surface area contributed by atoms with E-state index in [0.29, 0.717) is 17.5 Å². The van der Waals surface area contributed by atoms with Gasteiger partial charge in [-0.1, -0.05) is 48.5 Å². The van der Waals surface area contributed by atoms with Crippen LogP contribution in [0, 0.1) is 20.8 Å². The highest BCUT2D eigenvalue weighted by Crippen LogP contribution is 2.45. The van der Waals surface area contributed by atoms with Gasteiger partial charge in [-0.2, -0.15) is 0 Å². The van der Waals surface area contributed by atoms with Crippen molar-refractivity contribution in [3.63, 3.8) is 0 Å². The lowest BCUT2D eigenvalue weighted by atomic mass is 9.88. The van der Waals surface area contributed by atoms with Gasteiger partial charge in [0.25, 0.3) is 10.0 Å². The third-order valence-corrected chi connectivity index (χ3v) is 10.7. The molecule has 0 fully saturated rings. The number of benzene rings is 3. The van der Waals surface area contributed by atoms with Crippen molar-refractivity contribution in [1.29, 1.82) is 0 Å². The summed E-state index contributed by atoms with van der Waals surface area (Å²) in [4.78, 5) is 28.8. The van der Waals surface area contributed by atoms with Gasteiger partial charge in [-0.15, -0.1) is 0 Å². The highest BCUT2D eigenvalue weighted by molar-refractivity contribution is 7.90. The van der Waals surface area contributed by atoms with Crippen molar-refractivity contribution in [3.05, 3.63) is 81.9 Å². The maximum absolute atomic E-state index is 13.4. The molecule has 250 valence electrons. The number of carboxylic acid groups (broad SMARTS) is 1.